The van der Waals surface area contributed by atoms with Crippen LogP contribution in [0.1, 0.15) is 25.1 Å². The van der Waals surface area contributed by atoms with Crippen LogP contribution in [0.5, 0.6) is 0 Å². The van der Waals surface area contributed by atoms with Gasteiger partial charge in [-0.05, 0) is 31.5 Å². The number of alkyl halides is 1. The fourth-order valence-electron chi connectivity index (χ4n) is 3.61. The molecule has 0 saturated carbocycles. The summed E-state index contributed by atoms with van der Waals surface area (Å²) in [6.07, 6.45) is 1.01. The van der Waals surface area contributed by atoms with Crippen LogP contribution >= 0.6 is 0 Å². The number of rotatable bonds is 3. The van der Waals surface area contributed by atoms with Crippen molar-refractivity contribution in [3.63, 3.8) is 0 Å². The summed E-state index contributed by atoms with van der Waals surface area (Å²) in [7, 11) is 0. The molecule has 7 heteroatoms. The molecule has 1 aromatic carbocycles. The third-order valence-corrected chi connectivity index (χ3v) is 5.15. The summed E-state index contributed by atoms with van der Waals surface area (Å²) in [5.74, 6) is 0.780. The Kier molecular flexibility index (Phi) is 4.50. The van der Waals surface area contributed by atoms with E-state index in [-0.39, 0.29) is 6.04 Å². The number of aromatic nitrogens is 3. The third kappa shape index (κ3) is 3.13. The van der Waals surface area contributed by atoms with Crippen molar-refractivity contribution in [1.82, 2.24) is 14.5 Å². The number of pyridine rings is 1. The first kappa shape index (κ1) is 17.4. The molecule has 4 rings (SSSR count). The number of halogens is 1. The fourth-order valence-corrected chi connectivity index (χ4v) is 3.61. The monoisotopic (exact) mass is 364 g/mol. The van der Waals surface area contributed by atoms with Gasteiger partial charge in [-0.15, -0.1) is 0 Å². The minimum absolute atomic E-state index is 0.0912. The van der Waals surface area contributed by atoms with E-state index in [1.54, 1.807) is 12.3 Å². The van der Waals surface area contributed by atoms with Crippen molar-refractivity contribution in [2.45, 2.75) is 31.6 Å². The van der Waals surface area contributed by atoms with Crippen molar-refractivity contribution < 1.29 is 4.39 Å². The molecule has 1 fully saturated rings. The number of hydrogen-bond donors (Lipinski definition) is 1. The average Bonchev–Trinajstić information content (AvgIpc) is 3.09. The van der Waals surface area contributed by atoms with Crippen LogP contribution in [0.25, 0.3) is 15.9 Å². The van der Waals surface area contributed by atoms with E-state index in [0.29, 0.717) is 25.2 Å². The second kappa shape index (κ2) is 6.97. The minimum Gasteiger partial charge on any atom is -0.340 e. The average molecular weight is 364 g/mol. The van der Waals surface area contributed by atoms with Crippen LogP contribution in [0.3, 0.4) is 0 Å². The molecular weight excluding hydrogens is 343 g/mol. The summed E-state index contributed by atoms with van der Waals surface area (Å²) in [6.45, 7) is 10.2. The van der Waals surface area contributed by atoms with E-state index in [1.165, 1.54) is 0 Å². The summed E-state index contributed by atoms with van der Waals surface area (Å²) in [6, 6.07) is 11.0. The van der Waals surface area contributed by atoms with Gasteiger partial charge in [0.25, 0.3) is 0 Å². The lowest BCUT2D eigenvalue weighted by Gasteiger charge is -2.34. The molecule has 3 atom stereocenters. The first-order valence-electron chi connectivity index (χ1n) is 9.03. The van der Waals surface area contributed by atoms with Gasteiger partial charge >= 0.3 is 0 Å². The van der Waals surface area contributed by atoms with Gasteiger partial charge < -0.3 is 15.2 Å². The van der Waals surface area contributed by atoms with Gasteiger partial charge in [0.2, 0.25) is 11.6 Å². The van der Waals surface area contributed by atoms with E-state index >= 15 is 0 Å². The number of para-hydroxylation sites is 2. The van der Waals surface area contributed by atoms with Gasteiger partial charge in [0.05, 0.1) is 35.4 Å². The lowest BCUT2D eigenvalue weighted by molar-refractivity contribution is 0.243. The SMILES string of the molecule is [C-]#[N+]c1ccc([C@H](C)n2c(N3CC[C@@H](F)[C@H](N)C3)nc3ccccc32)nc1. The highest BCUT2D eigenvalue weighted by Crippen LogP contribution is 2.31. The van der Waals surface area contributed by atoms with Gasteiger partial charge in [-0.3, -0.25) is 4.98 Å². The van der Waals surface area contributed by atoms with Gasteiger partial charge in [0.1, 0.15) is 6.17 Å². The first-order chi connectivity index (χ1) is 13.1. The Bertz CT molecular complexity index is 990. The predicted octanol–water partition coefficient (Wildman–Crippen LogP) is 3.47. The van der Waals surface area contributed by atoms with Gasteiger partial charge in [-0.1, -0.05) is 18.2 Å². The van der Waals surface area contributed by atoms with Crippen molar-refractivity contribution in [3.8, 4) is 0 Å². The quantitative estimate of drug-likeness (QED) is 0.723. The molecule has 27 heavy (non-hydrogen) atoms. The van der Waals surface area contributed by atoms with Crippen LogP contribution in [0.4, 0.5) is 16.0 Å². The maximum absolute atomic E-state index is 13.9. The fraction of sp³-hybridized carbons (Fsp3) is 0.350. The molecule has 0 bridgehead atoms. The number of hydrogen-bond acceptors (Lipinski definition) is 4. The molecule has 1 aliphatic heterocycles. The molecule has 3 heterocycles. The molecule has 1 saturated heterocycles. The van der Waals surface area contributed by atoms with Gasteiger partial charge in [-0.2, -0.15) is 0 Å². The van der Waals surface area contributed by atoms with Crippen LogP contribution in [0.2, 0.25) is 0 Å². The van der Waals surface area contributed by atoms with Crippen LogP contribution in [0.15, 0.2) is 42.6 Å². The zero-order valence-corrected chi connectivity index (χ0v) is 15.1. The van der Waals surface area contributed by atoms with Crippen molar-refractivity contribution in [3.05, 3.63) is 59.7 Å². The number of nitrogens with two attached hydrogens (primary N) is 1. The lowest BCUT2D eigenvalue weighted by Crippen LogP contribution is -2.50. The van der Waals surface area contributed by atoms with E-state index in [4.69, 9.17) is 17.3 Å². The van der Waals surface area contributed by atoms with Crippen molar-refractivity contribution >= 4 is 22.7 Å². The molecular formula is C20H21FN6. The second-order valence-corrected chi connectivity index (χ2v) is 6.91. The molecule has 138 valence electrons. The number of nitrogens with zero attached hydrogens (tertiary/aromatic N) is 5. The van der Waals surface area contributed by atoms with Gasteiger partial charge in [0.15, 0.2) is 0 Å². The Labute approximate surface area is 157 Å². The lowest BCUT2D eigenvalue weighted by atomic mass is 10.1. The van der Waals surface area contributed by atoms with E-state index in [1.807, 2.05) is 30.3 Å². The van der Waals surface area contributed by atoms with Crippen LogP contribution in [-0.4, -0.2) is 39.8 Å². The topological polar surface area (TPSA) is 64.3 Å². The van der Waals surface area contributed by atoms with Gasteiger partial charge in [-0.25, -0.2) is 14.2 Å². The Morgan fingerprint density at radius 3 is 2.81 bits per heavy atom. The van der Waals surface area contributed by atoms with Gasteiger partial charge in [0, 0.05) is 19.3 Å². The van der Waals surface area contributed by atoms with Crippen LogP contribution in [0, 0.1) is 6.57 Å². The number of imidazole rings is 1. The van der Waals surface area contributed by atoms with E-state index in [9.17, 15) is 4.39 Å². The molecule has 0 amide bonds. The molecule has 0 aliphatic carbocycles. The normalized spacial score (nSPS) is 21.2. The Hall–Kier alpha value is -2.98. The highest BCUT2D eigenvalue weighted by molar-refractivity contribution is 5.79. The van der Waals surface area contributed by atoms with Crippen molar-refractivity contribution in [2.24, 2.45) is 5.73 Å². The zero-order chi connectivity index (χ0) is 19.0. The van der Waals surface area contributed by atoms with E-state index in [0.717, 1.165) is 22.7 Å². The van der Waals surface area contributed by atoms with E-state index < -0.39 is 12.2 Å². The summed E-state index contributed by atoms with van der Waals surface area (Å²) in [5.41, 5.74) is 9.21. The third-order valence-electron chi connectivity index (χ3n) is 5.15. The number of anilines is 1. The molecule has 0 spiro atoms. The Morgan fingerprint density at radius 1 is 1.30 bits per heavy atom. The van der Waals surface area contributed by atoms with Crippen molar-refractivity contribution in [1.29, 1.82) is 0 Å². The molecule has 0 unspecified atom stereocenters. The number of piperidine rings is 1. The van der Waals surface area contributed by atoms with Crippen LogP contribution in [-0.2, 0) is 0 Å². The predicted molar refractivity (Wildman–Crippen MR) is 104 cm³/mol. The molecule has 0 radical (unpaired) electrons. The number of benzene rings is 1. The largest absolute Gasteiger partial charge is 0.340 e. The molecule has 3 aromatic rings. The van der Waals surface area contributed by atoms with Crippen molar-refractivity contribution in [2.75, 3.05) is 18.0 Å². The summed E-state index contributed by atoms with van der Waals surface area (Å²) in [5, 5.41) is 0. The molecule has 1 aliphatic rings. The summed E-state index contributed by atoms with van der Waals surface area (Å²) in [4.78, 5) is 14.7. The summed E-state index contributed by atoms with van der Waals surface area (Å²) < 4.78 is 16.0. The Morgan fingerprint density at radius 2 is 2.11 bits per heavy atom. The zero-order valence-electron chi connectivity index (χ0n) is 15.1. The smallest absolute Gasteiger partial charge is 0.207 e. The number of fused-ring (bicyclic) bond motifs is 1. The minimum atomic E-state index is -0.973. The molecule has 2 aromatic heterocycles. The highest BCUT2D eigenvalue weighted by Gasteiger charge is 2.30. The second-order valence-electron chi connectivity index (χ2n) is 6.91. The standard InChI is InChI=1S/C20H21FN6/c1-13(17-8-7-14(23-2)11-24-17)27-19-6-4-3-5-18(19)25-20(27)26-10-9-15(21)16(22)12-26/h3-8,11,13,15-16H,9-10,12,22H2,1H3/t13-,15+,16+/m0/s1. The van der Waals surface area contributed by atoms with E-state index in [2.05, 4.69) is 26.2 Å². The molecule has 2 N–H and O–H groups in total. The maximum Gasteiger partial charge on any atom is 0.207 e. The first-order valence-corrected chi connectivity index (χ1v) is 9.03. The summed E-state index contributed by atoms with van der Waals surface area (Å²) >= 11 is 0. The Balaban J connectivity index is 1.79. The highest BCUT2D eigenvalue weighted by atomic mass is 19.1. The molecule has 6 nitrogen and oxygen atoms in total. The van der Waals surface area contributed by atoms with Crippen LogP contribution < -0.4 is 10.6 Å². The maximum atomic E-state index is 13.9.